The smallest absolute Gasteiger partial charge is 0.110 e. The van der Waals surface area contributed by atoms with Crippen LogP contribution in [0.25, 0.3) is 10.9 Å². The van der Waals surface area contributed by atoms with E-state index in [0.29, 0.717) is 6.61 Å². The van der Waals surface area contributed by atoms with Gasteiger partial charge in [-0.3, -0.25) is 9.94 Å². The van der Waals surface area contributed by atoms with Crippen LogP contribution >= 0.6 is 0 Å². The number of benzene rings is 1. The quantitative estimate of drug-likeness (QED) is 0.648. The fourth-order valence-corrected chi connectivity index (χ4v) is 1.21. The van der Waals surface area contributed by atoms with Gasteiger partial charge < -0.3 is 0 Å². The number of hydrogen-bond acceptors (Lipinski definition) is 3. The molecule has 2 aromatic rings. The van der Waals surface area contributed by atoms with Gasteiger partial charge in [-0.1, -0.05) is 18.2 Å². The second-order valence-electron chi connectivity index (χ2n) is 2.53. The van der Waals surface area contributed by atoms with E-state index >= 15 is 0 Å². The van der Waals surface area contributed by atoms with Crippen molar-refractivity contribution in [2.45, 2.75) is 6.61 Å². The van der Waals surface area contributed by atoms with Gasteiger partial charge in [0.25, 0.3) is 0 Å². The van der Waals surface area contributed by atoms with Crippen molar-refractivity contribution in [2.24, 2.45) is 5.90 Å². The van der Waals surface area contributed by atoms with Gasteiger partial charge in [0.1, 0.15) is 6.61 Å². The van der Waals surface area contributed by atoms with Crippen LogP contribution in [0.15, 0.2) is 24.3 Å². The molecule has 1 aromatic carbocycles. The lowest BCUT2D eigenvalue weighted by Crippen LogP contribution is -1.99. The van der Waals surface area contributed by atoms with E-state index in [2.05, 4.69) is 15.0 Å². The van der Waals surface area contributed by atoms with Crippen LogP contribution in [0.5, 0.6) is 0 Å². The van der Waals surface area contributed by atoms with Crippen LogP contribution in [0.2, 0.25) is 0 Å². The Labute approximate surface area is 69.3 Å². The second kappa shape index (κ2) is 2.92. The first-order chi connectivity index (χ1) is 5.92. The van der Waals surface area contributed by atoms with Crippen molar-refractivity contribution in [1.29, 1.82) is 0 Å². The van der Waals surface area contributed by atoms with Crippen molar-refractivity contribution >= 4 is 10.9 Å². The highest BCUT2D eigenvalue weighted by atomic mass is 16.6. The molecule has 0 atom stereocenters. The van der Waals surface area contributed by atoms with Gasteiger partial charge >= 0.3 is 0 Å². The summed E-state index contributed by atoms with van der Waals surface area (Å²) in [5.41, 5.74) is 1.85. The van der Waals surface area contributed by atoms with E-state index in [0.717, 1.165) is 16.6 Å². The van der Waals surface area contributed by atoms with Gasteiger partial charge in [0, 0.05) is 5.39 Å². The molecule has 2 rings (SSSR count). The van der Waals surface area contributed by atoms with Crippen LogP contribution in [-0.2, 0) is 11.4 Å². The van der Waals surface area contributed by atoms with Gasteiger partial charge in [-0.15, -0.1) is 0 Å². The summed E-state index contributed by atoms with van der Waals surface area (Å²) < 4.78 is 0. The molecule has 0 bridgehead atoms. The Morgan fingerprint density at radius 1 is 1.42 bits per heavy atom. The molecule has 0 unspecified atom stereocenters. The number of nitrogens with one attached hydrogen (secondary N) is 1. The fraction of sp³-hybridized carbons (Fsp3) is 0.125. The first-order valence-corrected chi connectivity index (χ1v) is 3.65. The minimum Gasteiger partial charge on any atom is -0.298 e. The Hall–Kier alpha value is -1.39. The third-order valence-corrected chi connectivity index (χ3v) is 1.77. The summed E-state index contributed by atoms with van der Waals surface area (Å²) >= 11 is 0. The average Bonchev–Trinajstić information content (AvgIpc) is 2.50. The Morgan fingerprint density at radius 3 is 3.08 bits per heavy atom. The number of hydrogen-bond donors (Lipinski definition) is 2. The van der Waals surface area contributed by atoms with Crippen molar-refractivity contribution < 1.29 is 4.84 Å². The number of rotatable bonds is 2. The van der Waals surface area contributed by atoms with Crippen LogP contribution in [0.4, 0.5) is 0 Å². The number of para-hydroxylation sites is 1. The maximum absolute atomic E-state index is 4.96. The van der Waals surface area contributed by atoms with E-state index in [1.165, 1.54) is 0 Å². The van der Waals surface area contributed by atoms with Crippen LogP contribution < -0.4 is 5.90 Å². The second-order valence-corrected chi connectivity index (χ2v) is 2.53. The number of fused-ring (bicyclic) bond motifs is 1. The lowest BCUT2D eigenvalue weighted by atomic mass is 10.2. The van der Waals surface area contributed by atoms with Gasteiger partial charge in [-0.25, -0.2) is 5.90 Å². The number of aromatic nitrogens is 2. The first kappa shape index (κ1) is 7.27. The van der Waals surface area contributed by atoms with E-state index in [4.69, 9.17) is 5.90 Å². The molecular formula is C8H9N3O. The van der Waals surface area contributed by atoms with Crippen LogP contribution in [-0.4, -0.2) is 10.2 Å². The Bertz CT molecular complexity index is 382. The third kappa shape index (κ3) is 1.07. The number of H-pyrrole nitrogens is 1. The largest absolute Gasteiger partial charge is 0.298 e. The molecule has 0 aliphatic carbocycles. The summed E-state index contributed by atoms with van der Waals surface area (Å²) in [6.07, 6.45) is 0. The highest BCUT2D eigenvalue weighted by molar-refractivity contribution is 5.80. The molecule has 0 fully saturated rings. The zero-order chi connectivity index (χ0) is 8.39. The van der Waals surface area contributed by atoms with E-state index in [1.54, 1.807) is 0 Å². The molecule has 12 heavy (non-hydrogen) atoms. The molecule has 4 nitrogen and oxygen atoms in total. The van der Waals surface area contributed by atoms with E-state index in [9.17, 15) is 0 Å². The predicted octanol–water partition coefficient (Wildman–Crippen LogP) is 0.953. The van der Waals surface area contributed by atoms with Gasteiger partial charge in [-0.05, 0) is 6.07 Å². The lowest BCUT2D eigenvalue weighted by molar-refractivity contribution is 0.122. The monoisotopic (exact) mass is 163 g/mol. The zero-order valence-corrected chi connectivity index (χ0v) is 6.45. The Balaban J connectivity index is 2.55. The SMILES string of the molecule is NOCc1[nH]nc2ccccc12. The summed E-state index contributed by atoms with van der Waals surface area (Å²) in [6, 6.07) is 7.81. The molecule has 0 amide bonds. The molecule has 4 heteroatoms. The number of aromatic amines is 1. The molecule has 1 heterocycles. The van der Waals surface area contributed by atoms with Crippen LogP contribution in [0, 0.1) is 0 Å². The number of nitrogens with zero attached hydrogens (tertiary/aromatic N) is 1. The molecule has 0 aliphatic heterocycles. The number of nitrogens with two attached hydrogens (primary N) is 1. The van der Waals surface area contributed by atoms with Crippen molar-refractivity contribution in [3.63, 3.8) is 0 Å². The molecular weight excluding hydrogens is 154 g/mol. The molecule has 0 saturated carbocycles. The third-order valence-electron chi connectivity index (χ3n) is 1.77. The maximum atomic E-state index is 4.96. The van der Waals surface area contributed by atoms with E-state index < -0.39 is 0 Å². The minimum absolute atomic E-state index is 0.362. The summed E-state index contributed by atoms with van der Waals surface area (Å²) in [5.74, 6) is 4.96. The topological polar surface area (TPSA) is 63.9 Å². The summed E-state index contributed by atoms with van der Waals surface area (Å²) in [6.45, 7) is 0.362. The summed E-state index contributed by atoms with van der Waals surface area (Å²) in [5, 5.41) is 7.99. The minimum atomic E-state index is 0.362. The van der Waals surface area contributed by atoms with Gasteiger partial charge in [0.2, 0.25) is 0 Å². The highest BCUT2D eigenvalue weighted by Crippen LogP contribution is 2.14. The highest BCUT2D eigenvalue weighted by Gasteiger charge is 2.02. The molecule has 0 saturated heterocycles. The fourth-order valence-electron chi connectivity index (χ4n) is 1.21. The van der Waals surface area contributed by atoms with Crippen LogP contribution in [0.1, 0.15) is 5.69 Å². The zero-order valence-electron chi connectivity index (χ0n) is 6.45. The van der Waals surface area contributed by atoms with Gasteiger partial charge in [0.15, 0.2) is 0 Å². The lowest BCUT2D eigenvalue weighted by Gasteiger charge is -1.93. The van der Waals surface area contributed by atoms with Gasteiger partial charge in [-0.2, -0.15) is 5.10 Å². The van der Waals surface area contributed by atoms with Gasteiger partial charge in [0.05, 0.1) is 11.2 Å². The molecule has 0 radical (unpaired) electrons. The molecule has 1 aromatic heterocycles. The Morgan fingerprint density at radius 2 is 2.25 bits per heavy atom. The summed E-state index contributed by atoms with van der Waals surface area (Å²) in [7, 11) is 0. The standard InChI is InChI=1S/C8H9N3O/c9-12-5-8-6-3-1-2-4-7(6)10-11-8/h1-4H,5,9H2,(H,10,11). The molecule has 0 aliphatic rings. The van der Waals surface area contributed by atoms with Crippen molar-refractivity contribution in [2.75, 3.05) is 0 Å². The normalized spacial score (nSPS) is 10.8. The van der Waals surface area contributed by atoms with Crippen molar-refractivity contribution in [3.05, 3.63) is 30.0 Å². The molecule has 3 N–H and O–H groups in total. The van der Waals surface area contributed by atoms with E-state index in [1.807, 2.05) is 24.3 Å². The maximum Gasteiger partial charge on any atom is 0.110 e. The average molecular weight is 163 g/mol. The summed E-state index contributed by atoms with van der Waals surface area (Å²) in [4.78, 5) is 4.52. The predicted molar refractivity (Wildman–Crippen MR) is 45.1 cm³/mol. The first-order valence-electron chi connectivity index (χ1n) is 3.65. The molecule has 0 spiro atoms. The Kier molecular flexibility index (Phi) is 1.77. The van der Waals surface area contributed by atoms with Crippen molar-refractivity contribution in [3.8, 4) is 0 Å². The molecule has 62 valence electrons. The van der Waals surface area contributed by atoms with Crippen molar-refractivity contribution in [1.82, 2.24) is 10.2 Å². The van der Waals surface area contributed by atoms with Crippen LogP contribution in [0.3, 0.4) is 0 Å². The van der Waals surface area contributed by atoms with E-state index in [-0.39, 0.29) is 0 Å².